The molecule has 1 amide bonds. The standard InChI is InChI=1S/C12H12N4O.C5H12O/c1-16(9-5-3-2-4-6-9)12(17)10-7-11(13)15-8-14-10;1-5(2)3-4-6/h2-8H,1H3,(H2,13,14,15);5-6H,3-4H2,1-2H3. The van der Waals surface area contributed by atoms with Gasteiger partial charge in [0.2, 0.25) is 0 Å². The van der Waals surface area contributed by atoms with Crippen LogP contribution in [-0.2, 0) is 0 Å². The minimum absolute atomic E-state index is 0.217. The Hall–Kier alpha value is -2.47. The van der Waals surface area contributed by atoms with E-state index in [1.54, 1.807) is 7.05 Å². The Bertz CT molecular complexity index is 603. The number of amides is 1. The van der Waals surface area contributed by atoms with Crippen molar-refractivity contribution in [1.29, 1.82) is 0 Å². The van der Waals surface area contributed by atoms with E-state index < -0.39 is 0 Å². The molecule has 0 atom stereocenters. The van der Waals surface area contributed by atoms with Crippen LogP contribution in [-0.4, -0.2) is 34.6 Å². The SMILES string of the molecule is CC(C)CCO.CN(C(=O)c1cc(N)ncn1)c1ccccc1. The predicted molar refractivity (Wildman–Crippen MR) is 92.2 cm³/mol. The molecule has 2 aromatic rings. The number of rotatable bonds is 4. The molecule has 0 aliphatic heterocycles. The van der Waals surface area contributed by atoms with Crippen LogP contribution in [0.2, 0.25) is 0 Å². The van der Waals surface area contributed by atoms with Crippen molar-refractivity contribution in [1.82, 2.24) is 9.97 Å². The monoisotopic (exact) mass is 316 g/mol. The van der Waals surface area contributed by atoms with Gasteiger partial charge in [0.25, 0.3) is 5.91 Å². The van der Waals surface area contributed by atoms with Gasteiger partial charge in [0.15, 0.2) is 0 Å². The van der Waals surface area contributed by atoms with E-state index in [1.807, 2.05) is 30.3 Å². The zero-order chi connectivity index (χ0) is 17.2. The van der Waals surface area contributed by atoms with Crippen molar-refractivity contribution in [2.45, 2.75) is 20.3 Å². The molecule has 6 nitrogen and oxygen atoms in total. The second kappa shape index (κ2) is 9.53. The highest BCUT2D eigenvalue weighted by Crippen LogP contribution is 2.14. The first kappa shape index (κ1) is 18.6. The van der Waals surface area contributed by atoms with Crippen molar-refractivity contribution in [2.24, 2.45) is 5.92 Å². The molecule has 3 N–H and O–H groups in total. The van der Waals surface area contributed by atoms with Gasteiger partial charge in [-0.2, -0.15) is 0 Å². The first-order valence-electron chi connectivity index (χ1n) is 7.47. The molecule has 6 heteroatoms. The van der Waals surface area contributed by atoms with Crippen molar-refractivity contribution in [3.05, 3.63) is 48.4 Å². The molecular weight excluding hydrogens is 292 g/mol. The highest BCUT2D eigenvalue weighted by Gasteiger charge is 2.14. The van der Waals surface area contributed by atoms with Crippen LogP contribution in [0.1, 0.15) is 30.8 Å². The van der Waals surface area contributed by atoms with E-state index in [2.05, 4.69) is 23.8 Å². The number of nitrogens with zero attached hydrogens (tertiary/aromatic N) is 3. The maximum absolute atomic E-state index is 12.1. The van der Waals surface area contributed by atoms with Crippen molar-refractivity contribution in [2.75, 3.05) is 24.3 Å². The van der Waals surface area contributed by atoms with E-state index in [0.717, 1.165) is 12.1 Å². The van der Waals surface area contributed by atoms with Crippen molar-refractivity contribution >= 4 is 17.4 Å². The van der Waals surface area contributed by atoms with E-state index in [4.69, 9.17) is 10.8 Å². The average molecular weight is 316 g/mol. The Morgan fingerprint density at radius 2 is 1.91 bits per heavy atom. The number of aliphatic hydroxyl groups excluding tert-OH is 1. The first-order valence-corrected chi connectivity index (χ1v) is 7.47. The summed E-state index contributed by atoms with van der Waals surface area (Å²) in [6, 6.07) is 10.8. The quantitative estimate of drug-likeness (QED) is 0.903. The largest absolute Gasteiger partial charge is 0.396 e. The summed E-state index contributed by atoms with van der Waals surface area (Å²) in [7, 11) is 1.69. The lowest BCUT2D eigenvalue weighted by Gasteiger charge is -2.16. The van der Waals surface area contributed by atoms with Crippen LogP contribution in [0.4, 0.5) is 11.5 Å². The van der Waals surface area contributed by atoms with E-state index in [1.165, 1.54) is 17.3 Å². The number of carbonyl (C=O) groups excluding carboxylic acids is 1. The van der Waals surface area contributed by atoms with Crippen LogP contribution in [0, 0.1) is 5.92 Å². The molecule has 1 aromatic carbocycles. The van der Waals surface area contributed by atoms with E-state index in [-0.39, 0.29) is 17.4 Å². The Morgan fingerprint density at radius 1 is 1.26 bits per heavy atom. The summed E-state index contributed by atoms with van der Waals surface area (Å²) in [5.74, 6) is 0.713. The number of hydrogen-bond acceptors (Lipinski definition) is 5. The smallest absolute Gasteiger partial charge is 0.276 e. The van der Waals surface area contributed by atoms with E-state index in [0.29, 0.717) is 12.5 Å². The van der Waals surface area contributed by atoms with E-state index >= 15 is 0 Å². The molecule has 0 fully saturated rings. The van der Waals surface area contributed by atoms with Crippen LogP contribution in [0.3, 0.4) is 0 Å². The number of benzene rings is 1. The van der Waals surface area contributed by atoms with Gasteiger partial charge in [0.1, 0.15) is 17.8 Å². The van der Waals surface area contributed by atoms with Crippen LogP contribution in [0.5, 0.6) is 0 Å². The number of aromatic nitrogens is 2. The summed E-state index contributed by atoms with van der Waals surface area (Å²) >= 11 is 0. The summed E-state index contributed by atoms with van der Waals surface area (Å²) < 4.78 is 0. The number of hydrogen-bond donors (Lipinski definition) is 2. The zero-order valence-corrected chi connectivity index (χ0v) is 13.8. The summed E-state index contributed by atoms with van der Waals surface area (Å²) in [5, 5.41) is 8.24. The molecule has 0 aliphatic rings. The number of anilines is 2. The van der Waals surface area contributed by atoms with E-state index in [9.17, 15) is 4.79 Å². The fraction of sp³-hybridized carbons (Fsp3) is 0.353. The van der Waals surface area contributed by atoms with Gasteiger partial charge in [-0.1, -0.05) is 32.0 Å². The van der Waals surface area contributed by atoms with Gasteiger partial charge >= 0.3 is 0 Å². The van der Waals surface area contributed by atoms with Crippen LogP contribution in [0.15, 0.2) is 42.7 Å². The Balaban J connectivity index is 0.000000379. The van der Waals surface area contributed by atoms with Crippen molar-refractivity contribution < 1.29 is 9.90 Å². The third kappa shape index (κ3) is 6.44. The van der Waals surface area contributed by atoms with Crippen LogP contribution in [0.25, 0.3) is 0 Å². The number of aliphatic hydroxyl groups is 1. The molecule has 0 radical (unpaired) electrons. The molecule has 2 rings (SSSR count). The third-order valence-corrected chi connectivity index (χ3v) is 3.06. The number of para-hydroxylation sites is 1. The number of nitrogen functional groups attached to an aromatic ring is 1. The minimum Gasteiger partial charge on any atom is -0.396 e. The molecule has 0 unspecified atom stereocenters. The highest BCUT2D eigenvalue weighted by atomic mass is 16.3. The maximum atomic E-state index is 12.1. The second-order valence-electron chi connectivity index (χ2n) is 5.43. The molecule has 0 saturated carbocycles. The third-order valence-electron chi connectivity index (χ3n) is 3.06. The molecule has 0 bridgehead atoms. The fourth-order valence-corrected chi connectivity index (χ4v) is 1.69. The average Bonchev–Trinajstić information content (AvgIpc) is 2.55. The molecule has 23 heavy (non-hydrogen) atoms. The number of carbonyl (C=O) groups is 1. The van der Waals surface area contributed by atoms with Gasteiger partial charge in [-0.25, -0.2) is 9.97 Å². The van der Waals surface area contributed by atoms with Gasteiger partial charge < -0.3 is 15.7 Å². The summed E-state index contributed by atoms with van der Waals surface area (Å²) in [5.41, 5.74) is 6.60. The van der Waals surface area contributed by atoms with Crippen molar-refractivity contribution in [3.63, 3.8) is 0 Å². The lowest BCUT2D eigenvalue weighted by Crippen LogP contribution is -2.27. The maximum Gasteiger partial charge on any atom is 0.276 e. The van der Waals surface area contributed by atoms with Gasteiger partial charge in [0.05, 0.1) is 0 Å². The van der Waals surface area contributed by atoms with Gasteiger partial charge in [-0.3, -0.25) is 4.79 Å². The molecule has 1 aromatic heterocycles. The Morgan fingerprint density at radius 3 is 2.39 bits per heavy atom. The Kier molecular flexibility index (Phi) is 7.70. The topological polar surface area (TPSA) is 92.3 Å². The highest BCUT2D eigenvalue weighted by molar-refractivity contribution is 6.04. The lowest BCUT2D eigenvalue weighted by atomic mass is 10.2. The Labute approximate surface area is 137 Å². The predicted octanol–water partition coefficient (Wildman–Crippen LogP) is 2.36. The first-order chi connectivity index (χ1) is 11.0. The van der Waals surface area contributed by atoms with Crippen LogP contribution >= 0.6 is 0 Å². The molecule has 0 saturated heterocycles. The number of nitrogens with two attached hydrogens (primary N) is 1. The van der Waals surface area contributed by atoms with Gasteiger partial charge in [0, 0.05) is 25.4 Å². The zero-order valence-electron chi connectivity index (χ0n) is 13.8. The molecule has 0 spiro atoms. The summed E-state index contributed by atoms with van der Waals surface area (Å²) in [6.07, 6.45) is 2.21. The minimum atomic E-state index is -0.217. The second-order valence-corrected chi connectivity index (χ2v) is 5.43. The lowest BCUT2D eigenvalue weighted by molar-refractivity contribution is 0.0988. The molecule has 1 heterocycles. The molecule has 124 valence electrons. The van der Waals surface area contributed by atoms with Gasteiger partial charge in [-0.15, -0.1) is 0 Å². The van der Waals surface area contributed by atoms with Crippen molar-refractivity contribution in [3.8, 4) is 0 Å². The summed E-state index contributed by atoms with van der Waals surface area (Å²) in [4.78, 5) is 21.2. The molecule has 0 aliphatic carbocycles. The van der Waals surface area contributed by atoms with Crippen LogP contribution < -0.4 is 10.6 Å². The molecular formula is C17H24N4O2. The summed E-state index contributed by atoms with van der Waals surface area (Å²) in [6.45, 7) is 4.52. The fourth-order valence-electron chi connectivity index (χ4n) is 1.69. The normalized spacial score (nSPS) is 9.96. The van der Waals surface area contributed by atoms with Gasteiger partial charge in [-0.05, 0) is 24.5 Å².